The maximum absolute atomic E-state index is 12.2. The predicted molar refractivity (Wildman–Crippen MR) is 80.5 cm³/mol. The van der Waals surface area contributed by atoms with Gasteiger partial charge in [0.1, 0.15) is 0 Å². The van der Waals surface area contributed by atoms with Crippen molar-refractivity contribution in [2.45, 2.75) is 38.8 Å². The second-order valence-electron chi connectivity index (χ2n) is 5.68. The molecule has 0 radical (unpaired) electrons. The minimum Gasteiger partial charge on any atom is -0.377 e. The Labute approximate surface area is 121 Å². The Kier molecular flexibility index (Phi) is 4.83. The molecule has 1 aromatic rings. The molecule has 0 aromatic heterocycles. The minimum atomic E-state index is -3.19. The second kappa shape index (κ2) is 6.24. The summed E-state index contributed by atoms with van der Waals surface area (Å²) in [5.41, 5.74) is 9.16. The smallest absolute Gasteiger partial charge is 0.154 e. The van der Waals surface area contributed by atoms with Crippen LogP contribution in [-0.4, -0.2) is 32.6 Å². The van der Waals surface area contributed by atoms with Crippen LogP contribution in [0.5, 0.6) is 0 Å². The van der Waals surface area contributed by atoms with Crippen LogP contribution in [0.2, 0.25) is 0 Å². The van der Waals surface area contributed by atoms with E-state index >= 15 is 0 Å². The molecule has 5 heteroatoms. The fraction of sp³-hybridized carbons (Fsp3) is 0.600. The van der Waals surface area contributed by atoms with Crippen molar-refractivity contribution in [3.63, 3.8) is 0 Å². The van der Waals surface area contributed by atoms with Gasteiger partial charge in [-0.1, -0.05) is 23.8 Å². The van der Waals surface area contributed by atoms with Crippen LogP contribution in [0.1, 0.15) is 35.6 Å². The molecule has 1 aromatic carbocycles. The molecule has 1 aliphatic heterocycles. The fourth-order valence-corrected chi connectivity index (χ4v) is 4.34. The highest BCUT2D eigenvalue weighted by molar-refractivity contribution is 7.91. The van der Waals surface area contributed by atoms with E-state index in [-0.39, 0.29) is 17.6 Å². The zero-order valence-corrected chi connectivity index (χ0v) is 12.9. The normalized spacial score (nSPS) is 21.1. The number of hydrogen-bond donors (Lipinski definition) is 1. The Balaban J connectivity index is 2.05. The van der Waals surface area contributed by atoms with Crippen LogP contribution in [-0.2, 0) is 14.6 Å². The second-order valence-corrected chi connectivity index (χ2v) is 7.83. The van der Waals surface area contributed by atoms with E-state index in [1.807, 2.05) is 32.0 Å². The Hall–Kier alpha value is -0.910. The van der Waals surface area contributed by atoms with Crippen LogP contribution in [0.25, 0.3) is 0 Å². The first-order valence-electron chi connectivity index (χ1n) is 7.02. The van der Waals surface area contributed by atoms with E-state index in [1.54, 1.807) is 0 Å². The SMILES string of the molecule is Cc1ccc(C)c(C(N)CS(=O)(=O)CC2CCCO2)c1. The van der Waals surface area contributed by atoms with Gasteiger partial charge >= 0.3 is 0 Å². The summed E-state index contributed by atoms with van der Waals surface area (Å²) < 4.78 is 29.8. The van der Waals surface area contributed by atoms with Gasteiger partial charge in [0.2, 0.25) is 0 Å². The van der Waals surface area contributed by atoms with Crippen LogP contribution < -0.4 is 5.73 Å². The van der Waals surface area contributed by atoms with Crippen LogP contribution in [0.4, 0.5) is 0 Å². The Morgan fingerprint density at radius 2 is 2.15 bits per heavy atom. The maximum atomic E-state index is 12.2. The molecule has 1 heterocycles. The summed E-state index contributed by atoms with van der Waals surface area (Å²) in [6.07, 6.45) is 1.63. The van der Waals surface area contributed by atoms with E-state index in [0.717, 1.165) is 29.5 Å². The van der Waals surface area contributed by atoms with Crippen molar-refractivity contribution in [3.05, 3.63) is 34.9 Å². The summed E-state index contributed by atoms with van der Waals surface area (Å²) >= 11 is 0. The van der Waals surface area contributed by atoms with Crippen molar-refractivity contribution < 1.29 is 13.2 Å². The van der Waals surface area contributed by atoms with Gasteiger partial charge in [-0.05, 0) is 37.8 Å². The summed E-state index contributed by atoms with van der Waals surface area (Å²) in [6.45, 7) is 4.61. The average molecular weight is 297 g/mol. The summed E-state index contributed by atoms with van der Waals surface area (Å²) in [5, 5.41) is 0. The van der Waals surface area contributed by atoms with Gasteiger partial charge in [-0.15, -0.1) is 0 Å². The summed E-state index contributed by atoms with van der Waals surface area (Å²) in [5.74, 6) is 0.0721. The van der Waals surface area contributed by atoms with Crippen molar-refractivity contribution in [1.29, 1.82) is 0 Å². The van der Waals surface area contributed by atoms with E-state index in [1.165, 1.54) is 0 Å². The molecule has 4 nitrogen and oxygen atoms in total. The minimum absolute atomic E-state index is 0.0167. The van der Waals surface area contributed by atoms with Gasteiger partial charge in [0.15, 0.2) is 9.84 Å². The van der Waals surface area contributed by atoms with Gasteiger partial charge in [-0.2, -0.15) is 0 Å². The lowest BCUT2D eigenvalue weighted by atomic mass is 10.0. The molecule has 0 amide bonds. The topological polar surface area (TPSA) is 69.4 Å². The quantitative estimate of drug-likeness (QED) is 0.901. The first kappa shape index (κ1) is 15.5. The molecule has 0 bridgehead atoms. The molecule has 2 rings (SSSR count). The first-order chi connectivity index (χ1) is 9.37. The zero-order valence-electron chi connectivity index (χ0n) is 12.1. The van der Waals surface area contributed by atoms with E-state index in [2.05, 4.69) is 0 Å². The predicted octanol–water partition coefficient (Wildman–Crippen LogP) is 1.90. The number of aryl methyl sites for hydroxylation is 2. The standard InChI is InChI=1S/C15H23NO3S/c1-11-5-6-12(2)14(8-11)15(16)10-20(17,18)9-13-4-3-7-19-13/h5-6,8,13,15H,3-4,7,9-10,16H2,1-2H3. The molecular formula is C15H23NO3S. The van der Waals surface area contributed by atoms with Crippen molar-refractivity contribution in [1.82, 2.24) is 0 Å². The van der Waals surface area contributed by atoms with E-state index < -0.39 is 15.9 Å². The number of rotatable bonds is 5. The van der Waals surface area contributed by atoms with Crippen LogP contribution in [0, 0.1) is 13.8 Å². The lowest BCUT2D eigenvalue weighted by Crippen LogP contribution is -2.28. The van der Waals surface area contributed by atoms with E-state index in [4.69, 9.17) is 10.5 Å². The molecule has 0 spiro atoms. The highest BCUT2D eigenvalue weighted by Gasteiger charge is 2.26. The largest absolute Gasteiger partial charge is 0.377 e. The number of nitrogens with two attached hydrogens (primary N) is 1. The monoisotopic (exact) mass is 297 g/mol. The van der Waals surface area contributed by atoms with Crippen LogP contribution in [0.15, 0.2) is 18.2 Å². The van der Waals surface area contributed by atoms with Gasteiger partial charge in [-0.3, -0.25) is 0 Å². The lowest BCUT2D eigenvalue weighted by Gasteiger charge is -2.17. The highest BCUT2D eigenvalue weighted by atomic mass is 32.2. The molecule has 2 unspecified atom stereocenters. The lowest BCUT2D eigenvalue weighted by molar-refractivity contribution is 0.127. The molecular weight excluding hydrogens is 274 g/mol. The van der Waals surface area contributed by atoms with Gasteiger partial charge in [-0.25, -0.2) is 8.42 Å². The van der Waals surface area contributed by atoms with Gasteiger partial charge in [0, 0.05) is 12.6 Å². The first-order valence-corrected chi connectivity index (χ1v) is 8.84. The third-order valence-electron chi connectivity index (χ3n) is 3.73. The molecule has 1 fully saturated rings. The summed E-state index contributed by atoms with van der Waals surface area (Å²) in [7, 11) is -3.19. The third kappa shape index (κ3) is 4.04. The Bertz CT molecular complexity index is 562. The zero-order chi connectivity index (χ0) is 14.8. The van der Waals surface area contributed by atoms with Crippen molar-refractivity contribution in [3.8, 4) is 0 Å². The van der Waals surface area contributed by atoms with Crippen LogP contribution >= 0.6 is 0 Å². The molecule has 2 atom stereocenters. The van der Waals surface area contributed by atoms with Crippen molar-refractivity contribution in [2.24, 2.45) is 5.73 Å². The van der Waals surface area contributed by atoms with Crippen molar-refractivity contribution in [2.75, 3.05) is 18.1 Å². The third-order valence-corrected chi connectivity index (χ3v) is 5.48. The number of hydrogen-bond acceptors (Lipinski definition) is 4. The molecule has 20 heavy (non-hydrogen) atoms. The summed E-state index contributed by atoms with van der Waals surface area (Å²) in [6, 6.07) is 5.49. The molecule has 0 aliphatic carbocycles. The van der Waals surface area contributed by atoms with Gasteiger partial charge in [0.05, 0.1) is 17.6 Å². The van der Waals surface area contributed by atoms with Gasteiger partial charge in [0.25, 0.3) is 0 Å². The Morgan fingerprint density at radius 1 is 1.40 bits per heavy atom. The number of ether oxygens (including phenoxy) is 1. The van der Waals surface area contributed by atoms with E-state index in [0.29, 0.717) is 6.61 Å². The number of sulfone groups is 1. The average Bonchev–Trinajstić information content (AvgIpc) is 2.83. The molecule has 0 saturated carbocycles. The molecule has 1 saturated heterocycles. The molecule has 2 N–H and O–H groups in total. The maximum Gasteiger partial charge on any atom is 0.154 e. The van der Waals surface area contributed by atoms with Gasteiger partial charge < -0.3 is 10.5 Å². The summed E-state index contributed by atoms with van der Waals surface area (Å²) in [4.78, 5) is 0. The van der Waals surface area contributed by atoms with Crippen molar-refractivity contribution >= 4 is 9.84 Å². The number of benzene rings is 1. The fourth-order valence-electron chi connectivity index (χ4n) is 2.65. The van der Waals surface area contributed by atoms with Crippen LogP contribution in [0.3, 0.4) is 0 Å². The molecule has 1 aliphatic rings. The Morgan fingerprint density at radius 3 is 2.80 bits per heavy atom. The highest BCUT2D eigenvalue weighted by Crippen LogP contribution is 2.21. The molecule has 112 valence electrons. The van der Waals surface area contributed by atoms with E-state index in [9.17, 15) is 8.42 Å².